The molecule has 2 aliphatic heterocycles. The highest BCUT2D eigenvalue weighted by molar-refractivity contribution is 7.92. The molecular weight excluding hydrogens is 334 g/mol. The Morgan fingerprint density at radius 3 is 2.57 bits per heavy atom. The molecule has 2 heterocycles. The normalized spacial score (nSPS) is 25.7. The molecule has 0 aromatic heterocycles. The van der Waals surface area contributed by atoms with Gasteiger partial charge in [-0.1, -0.05) is 0 Å². The average molecular weight is 349 g/mol. The lowest BCUT2D eigenvalue weighted by molar-refractivity contribution is -0.166. The monoisotopic (exact) mass is 349 g/mol. The second-order valence-corrected chi connectivity index (χ2v) is 7.06. The molecule has 1 fully saturated rings. The van der Waals surface area contributed by atoms with Crippen LogP contribution in [0.25, 0.3) is 0 Å². The lowest BCUT2D eigenvalue weighted by Crippen LogP contribution is -2.71. The van der Waals surface area contributed by atoms with Crippen LogP contribution in [0.1, 0.15) is 6.92 Å². The van der Waals surface area contributed by atoms with Crippen molar-refractivity contribution in [3.05, 3.63) is 11.3 Å². The summed E-state index contributed by atoms with van der Waals surface area (Å²) in [6, 6.07) is 0. The zero-order chi connectivity index (χ0) is 17.4. The van der Waals surface area contributed by atoms with Crippen molar-refractivity contribution in [3.8, 4) is 0 Å². The molecule has 10 nitrogen and oxygen atoms in total. The Labute approximate surface area is 131 Å². The number of esters is 1. The molecule has 0 aromatic carbocycles. The van der Waals surface area contributed by atoms with Gasteiger partial charge in [0.15, 0.2) is 21.3 Å². The van der Waals surface area contributed by atoms with E-state index in [4.69, 9.17) is 9.84 Å². The predicted molar refractivity (Wildman–Crippen MR) is 72.5 cm³/mol. The first-order valence-electron chi connectivity index (χ1n) is 6.56. The zero-order valence-corrected chi connectivity index (χ0v) is 12.9. The van der Waals surface area contributed by atoms with Crippen molar-refractivity contribution in [1.82, 2.24) is 4.90 Å². The first-order valence-corrected chi connectivity index (χ1v) is 8.28. The van der Waals surface area contributed by atoms with Crippen LogP contribution in [0.15, 0.2) is 11.3 Å². The lowest BCUT2D eigenvalue weighted by Gasteiger charge is -2.48. The summed E-state index contributed by atoms with van der Waals surface area (Å²) in [4.78, 5) is 34.9. The number of sulfone groups is 1. The summed E-state index contributed by atoms with van der Waals surface area (Å²) in [5, 5.41) is 16.5. The maximum atomic E-state index is 12.3. The fourth-order valence-electron chi connectivity index (χ4n) is 2.48. The van der Waals surface area contributed by atoms with Crippen LogP contribution < -0.4 is 0 Å². The summed E-state index contributed by atoms with van der Waals surface area (Å²) in [7, 11) is -3.91. The smallest absolute Gasteiger partial charge is 0.352 e. The van der Waals surface area contributed by atoms with E-state index in [1.807, 2.05) is 0 Å². The van der Waals surface area contributed by atoms with E-state index in [2.05, 4.69) is 4.74 Å². The number of ether oxygens (including phenoxy) is 2. The fraction of sp³-hybridized carbons (Fsp3) is 0.583. The number of amides is 1. The highest BCUT2D eigenvalue weighted by Crippen LogP contribution is 2.38. The Morgan fingerprint density at radius 2 is 2.04 bits per heavy atom. The van der Waals surface area contributed by atoms with E-state index in [9.17, 15) is 27.9 Å². The Balaban J connectivity index is 2.38. The van der Waals surface area contributed by atoms with Crippen molar-refractivity contribution >= 4 is 27.7 Å². The first kappa shape index (κ1) is 17.4. The Hall–Kier alpha value is -1.98. The van der Waals surface area contributed by atoms with Gasteiger partial charge in [0.2, 0.25) is 0 Å². The second kappa shape index (κ2) is 6.26. The molecule has 2 rings (SSSR count). The van der Waals surface area contributed by atoms with Crippen molar-refractivity contribution < 1.29 is 42.5 Å². The van der Waals surface area contributed by atoms with Crippen LogP contribution in [-0.2, 0) is 33.7 Å². The minimum Gasteiger partial charge on any atom is -0.477 e. The molecular formula is C12H15NO9S. The number of β-lactam (4-membered cyclic amide) rings is 1. The third-order valence-corrected chi connectivity index (χ3v) is 5.30. The number of hydrogen-bond donors (Lipinski definition) is 2. The van der Waals surface area contributed by atoms with Crippen molar-refractivity contribution in [3.63, 3.8) is 0 Å². The van der Waals surface area contributed by atoms with Gasteiger partial charge in [0.05, 0.1) is 19.0 Å². The molecule has 2 atom stereocenters. The van der Waals surface area contributed by atoms with E-state index < -0.39 is 63.8 Å². The SMILES string of the molecule is CC(=O)OCC1=C(C(=O)O)N2C(=O)[C@H](OCCO)[C@H]2S(=O)(=O)C1. The molecule has 23 heavy (non-hydrogen) atoms. The second-order valence-electron chi connectivity index (χ2n) is 4.96. The summed E-state index contributed by atoms with van der Waals surface area (Å²) in [6.45, 7) is -0.0951. The quantitative estimate of drug-likeness (QED) is 0.405. The minimum absolute atomic E-state index is 0.182. The first-order chi connectivity index (χ1) is 10.7. The van der Waals surface area contributed by atoms with Gasteiger partial charge in [-0.25, -0.2) is 13.2 Å². The Bertz CT molecular complexity index is 681. The molecule has 0 aromatic rings. The number of carbonyl (C=O) groups is 3. The lowest BCUT2D eigenvalue weighted by atomic mass is 10.1. The van der Waals surface area contributed by atoms with Gasteiger partial charge in [-0.2, -0.15) is 0 Å². The number of carboxylic acid groups (broad SMARTS) is 1. The number of hydrogen-bond acceptors (Lipinski definition) is 8. The number of carboxylic acids is 1. The van der Waals surface area contributed by atoms with Crippen molar-refractivity contribution in [1.29, 1.82) is 0 Å². The Morgan fingerprint density at radius 1 is 1.39 bits per heavy atom. The molecule has 2 N–H and O–H groups in total. The van der Waals surface area contributed by atoms with Crippen LogP contribution >= 0.6 is 0 Å². The minimum atomic E-state index is -3.91. The molecule has 0 saturated carbocycles. The van der Waals surface area contributed by atoms with Gasteiger partial charge in [0.25, 0.3) is 5.91 Å². The van der Waals surface area contributed by atoms with Gasteiger partial charge in [-0.05, 0) is 0 Å². The molecule has 0 bridgehead atoms. The standard InChI is InChI=1S/C12H15NO9S/c1-6(15)22-4-7-5-23(19,20)11-9(21-3-2-14)10(16)13(11)8(7)12(17)18/h9,11,14H,2-5H2,1H3,(H,17,18)/t9-,11+/m0/s1. The zero-order valence-electron chi connectivity index (χ0n) is 12.1. The van der Waals surface area contributed by atoms with Crippen molar-refractivity contribution in [2.45, 2.75) is 18.4 Å². The molecule has 128 valence electrons. The van der Waals surface area contributed by atoms with Gasteiger partial charge >= 0.3 is 11.9 Å². The van der Waals surface area contributed by atoms with Crippen molar-refractivity contribution in [2.24, 2.45) is 0 Å². The molecule has 0 aliphatic carbocycles. The number of aliphatic hydroxyl groups is 1. The number of fused-ring (bicyclic) bond motifs is 1. The van der Waals surface area contributed by atoms with Gasteiger partial charge < -0.3 is 19.7 Å². The molecule has 0 spiro atoms. The van der Waals surface area contributed by atoms with Gasteiger partial charge in [0.1, 0.15) is 12.3 Å². The van der Waals surface area contributed by atoms with E-state index in [1.165, 1.54) is 0 Å². The van der Waals surface area contributed by atoms with Crippen molar-refractivity contribution in [2.75, 3.05) is 25.6 Å². The highest BCUT2D eigenvalue weighted by atomic mass is 32.2. The number of nitrogens with zero attached hydrogens (tertiary/aromatic N) is 1. The number of aliphatic hydroxyl groups excluding tert-OH is 1. The largest absolute Gasteiger partial charge is 0.477 e. The summed E-state index contributed by atoms with van der Waals surface area (Å²) in [5.74, 6) is -3.69. The maximum absolute atomic E-state index is 12.3. The number of aliphatic carboxylic acids is 1. The summed E-state index contributed by atoms with van der Waals surface area (Å²) in [6.07, 6.45) is -1.35. The van der Waals surface area contributed by atoms with Crippen LogP contribution in [0, 0.1) is 0 Å². The van der Waals surface area contributed by atoms with Gasteiger partial charge in [0, 0.05) is 12.5 Å². The van der Waals surface area contributed by atoms with Gasteiger partial charge in [-0.3, -0.25) is 14.5 Å². The molecule has 11 heteroatoms. The van der Waals surface area contributed by atoms with Crippen LogP contribution in [0.2, 0.25) is 0 Å². The third-order valence-electron chi connectivity index (χ3n) is 3.35. The van der Waals surface area contributed by atoms with E-state index in [-0.39, 0.29) is 12.2 Å². The van der Waals surface area contributed by atoms with Crippen LogP contribution in [0.3, 0.4) is 0 Å². The predicted octanol–water partition coefficient (Wildman–Crippen LogP) is -2.14. The number of rotatable bonds is 6. The summed E-state index contributed by atoms with van der Waals surface area (Å²) < 4.78 is 34.2. The molecule has 1 saturated heterocycles. The van der Waals surface area contributed by atoms with E-state index in [0.717, 1.165) is 6.92 Å². The summed E-state index contributed by atoms with van der Waals surface area (Å²) in [5.41, 5.74) is -0.696. The summed E-state index contributed by atoms with van der Waals surface area (Å²) >= 11 is 0. The van der Waals surface area contributed by atoms with Crippen LogP contribution in [0.4, 0.5) is 0 Å². The number of carbonyl (C=O) groups excluding carboxylic acids is 2. The fourth-order valence-corrected chi connectivity index (χ4v) is 4.46. The van der Waals surface area contributed by atoms with Crippen LogP contribution in [-0.4, -0.2) is 78.4 Å². The average Bonchev–Trinajstić information content (AvgIpc) is 2.44. The maximum Gasteiger partial charge on any atom is 0.352 e. The molecule has 0 unspecified atom stereocenters. The Kier molecular flexibility index (Phi) is 4.73. The van der Waals surface area contributed by atoms with E-state index in [0.29, 0.717) is 4.90 Å². The highest BCUT2D eigenvalue weighted by Gasteiger charge is 2.60. The van der Waals surface area contributed by atoms with E-state index >= 15 is 0 Å². The molecule has 0 radical (unpaired) electrons. The van der Waals surface area contributed by atoms with Crippen LogP contribution in [0.5, 0.6) is 0 Å². The molecule has 2 aliphatic rings. The van der Waals surface area contributed by atoms with Gasteiger partial charge in [-0.15, -0.1) is 0 Å². The topological polar surface area (TPSA) is 148 Å². The molecule has 1 amide bonds. The van der Waals surface area contributed by atoms with E-state index in [1.54, 1.807) is 0 Å². The third kappa shape index (κ3) is 3.07.